The molecule has 2 N–H and O–H groups in total. The number of hydrogen-bond donors (Lipinski definition) is 2. The Labute approximate surface area is 204 Å². The molecule has 0 spiro atoms. The van der Waals surface area contributed by atoms with Gasteiger partial charge in [0, 0.05) is 46.9 Å². The lowest BCUT2D eigenvalue weighted by atomic mass is 10.0. The first kappa shape index (κ1) is 24.5. The number of carbonyl (C=O) groups is 1. The van der Waals surface area contributed by atoms with Gasteiger partial charge in [0.15, 0.2) is 0 Å². The molecule has 0 bridgehead atoms. The van der Waals surface area contributed by atoms with Gasteiger partial charge in [0.1, 0.15) is 5.69 Å². The van der Waals surface area contributed by atoms with Crippen molar-refractivity contribution < 1.29 is 4.79 Å². The smallest absolute Gasteiger partial charge is 0.229 e. The van der Waals surface area contributed by atoms with E-state index < -0.39 is 0 Å². The second-order valence-electron chi connectivity index (χ2n) is 9.64. The van der Waals surface area contributed by atoms with Gasteiger partial charge >= 0.3 is 0 Å². The Balaban J connectivity index is 0.00000133. The number of benzene rings is 1. The summed E-state index contributed by atoms with van der Waals surface area (Å²) >= 11 is 0. The van der Waals surface area contributed by atoms with Crippen LogP contribution >= 0.6 is 0 Å². The molecule has 6 heteroatoms. The number of nitrogens with zero attached hydrogens (tertiary/aromatic N) is 3. The number of amides is 1. The Morgan fingerprint density at radius 1 is 1.12 bits per heavy atom. The van der Waals surface area contributed by atoms with Gasteiger partial charge in [-0.3, -0.25) is 9.89 Å². The summed E-state index contributed by atoms with van der Waals surface area (Å²) in [5, 5.41) is 9.16. The molecular weight excluding hydrogens is 422 g/mol. The van der Waals surface area contributed by atoms with Crippen LogP contribution in [0.1, 0.15) is 70.7 Å². The molecule has 0 radical (unpaired) electrons. The van der Waals surface area contributed by atoms with E-state index in [9.17, 15) is 4.79 Å². The minimum atomic E-state index is -0.0216. The van der Waals surface area contributed by atoms with Crippen LogP contribution < -0.4 is 4.90 Å². The average Bonchev–Trinajstić information content (AvgIpc) is 3.57. The van der Waals surface area contributed by atoms with Crippen LogP contribution in [0.15, 0.2) is 18.2 Å². The summed E-state index contributed by atoms with van der Waals surface area (Å²) in [5.41, 5.74) is 8.33. The number of anilines is 1. The van der Waals surface area contributed by atoms with Gasteiger partial charge in [-0.15, -0.1) is 0 Å². The lowest BCUT2D eigenvalue weighted by molar-refractivity contribution is -0.121. The number of aryl methyl sites for hydroxylation is 2. The SMILES string of the molecule is CC.CCc1[nH]nc2c1CCCc1c-2[nH]c2ccc(N(CCN3CCCC3)C(=O)C(C)C)cc12. The van der Waals surface area contributed by atoms with E-state index in [2.05, 4.69) is 45.2 Å². The molecule has 6 nitrogen and oxygen atoms in total. The van der Waals surface area contributed by atoms with Gasteiger partial charge in [0.2, 0.25) is 5.91 Å². The molecule has 34 heavy (non-hydrogen) atoms. The molecule has 2 aliphatic rings. The minimum Gasteiger partial charge on any atom is -0.353 e. The van der Waals surface area contributed by atoms with Crippen molar-refractivity contribution in [3.05, 3.63) is 35.0 Å². The zero-order valence-electron chi connectivity index (χ0n) is 21.6. The zero-order valence-corrected chi connectivity index (χ0v) is 21.6. The van der Waals surface area contributed by atoms with E-state index in [1.54, 1.807) is 0 Å². The number of aromatic amines is 2. The summed E-state index contributed by atoms with van der Waals surface area (Å²) < 4.78 is 0. The third kappa shape index (κ3) is 4.65. The molecular formula is C28H41N5O. The number of aromatic nitrogens is 3. The van der Waals surface area contributed by atoms with Gasteiger partial charge < -0.3 is 14.8 Å². The van der Waals surface area contributed by atoms with Crippen molar-refractivity contribution in [2.24, 2.45) is 5.92 Å². The zero-order chi connectivity index (χ0) is 24.2. The Morgan fingerprint density at radius 3 is 2.56 bits per heavy atom. The molecule has 1 aliphatic carbocycles. The van der Waals surface area contributed by atoms with Gasteiger partial charge in [-0.1, -0.05) is 34.6 Å². The summed E-state index contributed by atoms with van der Waals surface area (Å²) in [7, 11) is 0. The molecule has 1 saturated heterocycles. The highest BCUT2D eigenvalue weighted by Crippen LogP contribution is 2.38. The van der Waals surface area contributed by atoms with E-state index >= 15 is 0 Å². The topological polar surface area (TPSA) is 68.0 Å². The molecule has 3 aromatic rings. The predicted octanol–water partition coefficient (Wildman–Crippen LogP) is 5.72. The summed E-state index contributed by atoms with van der Waals surface area (Å²) in [6.45, 7) is 14.2. The summed E-state index contributed by atoms with van der Waals surface area (Å²) in [6, 6.07) is 6.47. The van der Waals surface area contributed by atoms with Gasteiger partial charge in [0.25, 0.3) is 0 Å². The Bertz CT molecular complexity index is 1120. The quantitative estimate of drug-likeness (QED) is 0.491. The highest BCUT2D eigenvalue weighted by atomic mass is 16.2. The Hall–Kier alpha value is -2.60. The van der Waals surface area contributed by atoms with E-state index in [1.807, 2.05) is 32.6 Å². The van der Waals surface area contributed by atoms with Crippen LogP contribution in [0.2, 0.25) is 0 Å². The first-order valence-electron chi connectivity index (χ1n) is 13.3. The van der Waals surface area contributed by atoms with Gasteiger partial charge in [-0.2, -0.15) is 5.10 Å². The minimum absolute atomic E-state index is 0.0216. The maximum Gasteiger partial charge on any atom is 0.229 e. The molecule has 184 valence electrons. The van der Waals surface area contributed by atoms with Crippen LogP contribution in [0.25, 0.3) is 22.3 Å². The highest BCUT2D eigenvalue weighted by Gasteiger charge is 2.25. The third-order valence-electron chi connectivity index (χ3n) is 7.20. The van der Waals surface area contributed by atoms with Crippen LogP contribution in [-0.2, 0) is 24.1 Å². The van der Waals surface area contributed by atoms with Gasteiger partial charge in [0.05, 0.1) is 5.69 Å². The molecule has 1 amide bonds. The summed E-state index contributed by atoms with van der Waals surface area (Å²) in [6.07, 6.45) is 6.73. The van der Waals surface area contributed by atoms with E-state index in [1.165, 1.54) is 35.0 Å². The van der Waals surface area contributed by atoms with E-state index in [4.69, 9.17) is 0 Å². The number of nitrogens with one attached hydrogen (secondary N) is 2. The van der Waals surface area contributed by atoms with Crippen molar-refractivity contribution >= 4 is 22.5 Å². The Morgan fingerprint density at radius 2 is 1.85 bits per heavy atom. The average molecular weight is 464 g/mol. The number of carbonyl (C=O) groups excluding carboxylic acids is 1. The standard InChI is InChI=1S/C26H35N5O.C2H6/c1-4-22-20-9-7-8-19-21-16-18(10-11-23(21)27-24(19)25(20)29-28-22)31(26(32)17(2)3)15-14-30-12-5-6-13-30;1-2/h10-11,16-17,27H,4-9,12-15H2,1-3H3,(H,28,29);1-2H3. The van der Waals surface area contributed by atoms with Crippen molar-refractivity contribution in [2.75, 3.05) is 31.1 Å². The van der Waals surface area contributed by atoms with Crippen LogP contribution in [0.3, 0.4) is 0 Å². The molecule has 1 aliphatic heterocycles. The maximum absolute atomic E-state index is 13.2. The second kappa shape index (κ2) is 10.8. The molecule has 2 aromatic heterocycles. The van der Waals surface area contributed by atoms with Crippen LogP contribution in [-0.4, -0.2) is 52.2 Å². The second-order valence-corrected chi connectivity index (χ2v) is 9.64. The normalized spacial score (nSPS) is 15.6. The van der Waals surface area contributed by atoms with Gasteiger partial charge in [-0.05, 0) is 75.4 Å². The highest BCUT2D eigenvalue weighted by molar-refractivity contribution is 5.99. The molecule has 1 aromatic carbocycles. The molecule has 0 unspecified atom stereocenters. The fraction of sp³-hybridized carbons (Fsp3) is 0.571. The first-order chi connectivity index (χ1) is 16.6. The van der Waals surface area contributed by atoms with Crippen molar-refractivity contribution in [3.63, 3.8) is 0 Å². The Kier molecular flexibility index (Phi) is 7.77. The van der Waals surface area contributed by atoms with E-state index in [0.717, 1.165) is 74.5 Å². The van der Waals surface area contributed by atoms with Crippen molar-refractivity contribution in [2.45, 2.75) is 73.1 Å². The fourth-order valence-corrected chi connectivity index (χ4v) is 5.40. The van der Waals surface area contributed by atoms with Crippen molar-refractivity contribution in [1.82, 2.24) is 20.1 Å². The van der Waals surface area contributed by atoms with E-state index in [0.29, 0.717) is 0 Å². The number of likely N-dealkylation sites (tertiary alicyclic amines) is 1. The summed E-state index contributed by atoms with van der Waals surface area (Å²) in [5.74, 6) is 0.180. The van der Waals surface area contributed by atoms with Crippen molar-refractivity contribution in [3.8, 4) is 11.4 Å². The monoisotopic (exact) mass is 463 g/mol. The number of rotatable bonds is 6. The lowest BCUT2D eigenvalue weighted by Crippen LogP contribution is -2.40. The molecule has 3 heterocycles. The maximum atomic E-state index is 13.2. The summed E-state index contributed by atoms with van der Waals surface area (Å²) in [4.78, 5) is 21.3. The fourth-order valence-electron chi connectivity index (χ4n) is 5.40. The van der Waals surface area contributed by atoms with Crippen LogP contribution in [0.4, 0.5) is 5.69 Å². The predicted molar refractivity (Wildman–Crippen MR) is 141 cm³/mol. The van der Waals surface area contributed by atoms with Crippen molar-refractivity contribution in [1.29, 1.82) is 0 Å². The van der Waals surface area contributed by atoms with E-state index in [-0.39, 0.29) is 11.8 Å². The molecule has 0 atom stereocenters. The first-order valence-corrected chi connectivity index (χ1v) is 13.3. The van der Waals surface area contributed by atoms with Crippen LogP contribution in [0, 0.1) is 5.92 Å². The number of fused-ring (bicyclic) bond motifs is 5. The molecule has 0 saturated carbocycles. The van der Waals surface area contributed by atoms with Gasteiger partial charge in [-0.25, -0.2) is 0 Å². The molecule has 1 fully saturated rings. The number of hydrogen-bond acceptors (Lipinski definition) is 3. The molecule has 5 rings (SSSR count). The van der Waals surface area contributed by atoms with Crippen LogP contribution in [0.5, 0.6) is 0 Å². The lowest BCUT2D eigenvalue weighted by Gasteiger charge is -2.27. The largest absolute Gasteiger partial charge is 0.353 e. The number of H-pyrrole nitrogens is 2. The third-order valence-corrected chi connectivity index (χ3v) is 7.20.